The molecule has 3 aliphatic rings. The SMILES string of the molecule is CN1CCC(C2=NO[C@H]3NCCCC=C23)CC1. The maximum absolute atomic E-state index is 5.52. The monoisotopic (exact) mass is 235 g/mol. The molecule has 0 aromatic rings. The van der Waals surface area contributed by atoms with Crippen molar-refractivity contribution in [1.82, 2.24) is 10.2 Å². The lowest BCUT2D eigenvalue weighted by atomic mass is 9.87. The summed E-state index contributed by atoms with van der Waals surface area (Å²) in [4.78, 5) is 7.92. The van der Waals surface area contributed by atoms with Crippen molar-refractivity contribution in [3.8, 4) is 0 Å². The number of rotatable bonds is 1. The summed E-state index contributed by atoms with van der Waals surface area (Å²) in [6.07, 6.45) is 7.13. The van der Waals surface area contributed by atoms with Gasteiger partial charge in [-0.05, 0) is 52.4 Å². The van der Waals surface area contributed by atoms with E-state index in [-0.39, 0.29) is 6.23 Å². The van der Waals surface area contributed by atoms with Crippen LogP contribution in [0.2, 0.25) is 0 Å². The molecule has 0 unspecified atom stereocenters. The third-order valence-corrected chi connectivity index (χ3v) is 4.01. The predicted molar refractivity (Wildman–Crippen MR) is 67.8 cm³/mol. The van der Waals surface area contributed by atoms with E-state index in [2.05, 4.69) is 28.5 Å². The number of nitrogens with one attached hydrogen (secondary N) is 1. The highest BCUT2D eigenvalue weighted by atomic mass is 16.7. The van der Waals surface area contributed by atoms with E-state index in [1.807, 2.05) is 0 Å². The Bertz CT molecular complexity index is 343. The summed E-state index contributed by atoms with van der Waals surface area (Å²) < 4.78 is 0. The van der Waals surface area contributed by atoms with Gasteiger partial charge in [0.1, 0.15) is 0 Å². The van der Waals surface area contributed by atoms with Gasteiger partial charge in [-0.3, -0.25) is 5.32 Å². The van der Waals surface area contributed by atoms with Crippen LogP contribution in [0.1, 0.15) is 25.7 Å². The fourth-order valence-electron chi connectivity index (χ4n) is 2.90. The Morgan fingerprint density at radius 2 is 2.24 bits per heavy atom. The van der Waals surface area contributed by atoms with Crippen LogP contribution in [-0.4, -0.2) is 43.5 Å². The standard InChI is InChI=1S/C13H21N3O/c1-16-8-5-10(6-9-16)12-11-4-2-3-7-14-13(11)17-15-12/h4,10,13-14H,2-3,5-9H2,1H3/t13-/m1/s1. The molecule has 0 amide bonds. The van der Waals surface area contributed by atoms with Gasteiger partial charge in [0.15, 0.2) is 0 Å². The summed E-state index contributed by atoms with van der Waals surface area (Å²) in [7, 11) is 2.19. The van der Waals surface area contributed by atoms with Gasteiger partial charge in [-0.2, -0.15) is 0 Å². The molecule has 3 aliphatic heterocycles. The van der Waals surface area contributed by atoms with Crippen molar-refractivity contribution in [3.63, 3.8) is 0 Å². The first-order valence-electron chi connectivity index (χ1n) is 6.70. The molecule has 1 atom stereocenters. The minimum absolute atomic E-state index is 0.0344. The normalized spacial score (nSPS) is 31.2. The molecule has 0 aromatic heterocycles. The van der Waals surface area contributed by atoms with Gasteiger partial charge in [0.05, 0.1) is 5.71 Å². The quantitative estimate of drug-likeness (QED) is 0.745. The van der Waals surface area contributed by atoms with Crippen molar-refractivity contribution in [2.75, 3.05) is 26.7 Å². The zero-order chi connectivity index (χ0) is 11.7. The van der Waals surface area contributed by atoms with E-state index in [1.54, 1.807) is 0 Å². The molecule has 0 aromatic carbocycles. The lowest BCUT2D eigenvalue weighted by Gasteiger charge is -2.28. The molecule has 0 spiro atoms. The molecule has 4 nitrogen and oxygen atoms in total. The van der Waals surface area contributed by atoms with E-state index in [9.17, 15) is 0 Å². The predicted octanol–water partition coefficient (Wildman–Crippen LogP) is 1.35. The minimum atomic E-state index is 0.0344. The Morgan fingerprint density at radius 3 is 3.06 bits per heavy atom. The number of oxime groups is 1. The van der Waals surface area contributed by atoms with Crippen LogP contribution in [0.3, 0.4) is 0 Å². The smallest absolute Gasteiger partial charge is 0.206 e. The highest BCUT2D eigenvalue weighted by Crippen LogP contribution is 2.29. The Hall–Kier alpha value is -0.870. The Labute approximate surface area is 103 Å². The van der Waals surface area contributed by atoms with Crippen LogP contribution in [0.4, 0.5) is 0 Å². The molecule has 17 heavy (non-hydrogen) atoms. The van der Waals surface area contributed by atoms with Crippen molar-refractivity contribution >= 4 is 5.71 Å². The van der Waals surface area contributed by atoms with Crippen molar-refractivity contribution in [3.05, 3.63) is 11.6 Å². The topological polar surface area (TPSA) is 36.9 Å². The second kappa shape index (κ2) is 4.78. The number of likely N-dealkylation sites (tertiary alicyclic amines) is 1. The van der Waals surface area contributed by atoms with Gasteiger partial charge >= 0.3 is 0 Å². The van der Waals surface area contributed by atoms with Crippen LogP contribution in [-0.2, 0) is 4.84 Å². The largest absolute Gasteiger partial charge is 0.371 e. The van der Waals surface area contributed by atoms with E-state index >= 15 is 0 Å². The van der Waals surface area contributed by atoms with Crippen LogP contribution < -0.4 is 5.32 Å². The number of nitrogens with zero attached hydrogens (tertiary/aromatic N) is 2. The summed E-state index contributed by atoms with van der Waals surface area (Å²) in [5.74, 6) is 0.599. The average Bonchev–Trinajstić information content (AvgIpc) is 2.60. The van der Waals surface area contributed by atoms with E-state index in [0.717, 1.165) is 13.0 Å². The van der Waals surface area contributed by atoms with E-state index in [1.165, 1.54) is 43.6 Å². The lowest BCUT2D eigenvalue weighted by molar-refractivity contribution is 0.0804. The van der Waals surface area contributed by atoms with Gasteiger partial charge in [-0.1, -0.05) is 11.2 Å². The van der Waals surface area contributed by atoms with Crippen molar-refractivity contribution in [2.24, 2.45) is 11.1 Å². The third kappa shape index (κ3) is 2.24. The first kappa shape index (κ1) is 11.2. The highest BCUT2D eigenvalue weighted by Gasteiger charge is 2.34. The summed E-state index contributed by atoms with van der Waals surface area (Å²) in [6, 6.07) is 0. The second-order valence-electron chi connectivity index (χ2n) is 5.30. The molecule has 1 fully saturated rings. The maximum Gasteiger partial charge on any atom is 0.206 e. The van der Waals surface area contributed by atoms with Gasteiger partial charge in [-0.25, -0.2) is 0 Å². The lowest BCUT2D eigenvalue weighted by Crippen LogP contribution is -2.36. The average molecular weight is 235 g/mol. The molecule has 4 heteroatoms. The number of piperidine rings is 1. The molecule has 94 valence electrons. The van der Waals surface area contributed by atoms with Gasteiger partial charge in [0.25, 0.3) is 0 Å². The van der Waals surface area contributed by atoms with Crippen LogP contribution in [0.5, 0.6) is 0 Å². The number of fused-ring (bicyclic) bond motifs is 1. The van der Waals surface area contributed by atoms with E-state index in [0.29, 0.717) is 5.92 Å². The molecule has 0 radical (unpaired) electrons. The van der Waals surface area contributed by atoms with Gasteiger partial charge in [0.2, 0.25) is 6.23 Å². The van der Waals surface area contributed by atoms with Crippen LogP contribution in [0.25, 0.3) is 0 Å². The fraction of sp³-hybridized carbons (Fsp3) is 0.769. The van der Waals surface area contributed by atoms with Gasteiger partial charge in [0, 0.05) is 11.5 Å². The molecule has 3 rings (SSSR count). The number of hydrogen-bond donors (Lipinski definition) is 1. The first-order valence-corrected chi connectivity index (χ1v) is 6.70. The molecule has 0 bridgehead atoms. The van der Waals surface area contributed by atoms with Gasteiger partial charge < -0.3 is 9.74 Å². The second-order valence-corrected chi connectivity index (χ2v) is 5.30. The molecule has 1 saturated heterocycles. The van der Waals surface area contributed by atoms with Crippen LogP contribution in [0, 0.1) is 5.92 Å². The summed E-state index contributed by atoms with van der Waals surface area (Å²) in [5.41, 5.74) is 2.54. The molecule has 0 saturated carbocycles. The van der Waals surface area contributed by atoms with Crippen molar-refractivity contribution < 1.29 is 4.84 Å². The molecular formula is C13H21N3O. The fourth-order valence-corrected chi connectivity index (χ4v) is 2.90. The molecule has 3 heterocycles. The third-order valence-electron chi connectivity index (χ3n) is 4.01. The highest BCUT2D eigenvalue weighted by molar-refractivity contribution is 6.03. The summed E-state index contributed by atoms with van der Waals surface area (Å²) >= 11 is 0. The van der Waals surface area contributed by atoms with Crippen molar-refractivity contribution in [1.29, 1.82) is 0 Å². The molecular weight excluding hydrogens is 214 g/mol. The van der Waals surface area contributed by atoms with E-state index in [4.69, 9.17) is 4.84 Å². The van der Waals surface area contributed by atoms with Gasteiger partial charge in [-0.15, -0.1) is 0 Å². The summed E-state index contributed by atoms with van der Waals surface area (Å²) in [6.45, 7) is 3.38. The van der Waals surface area contributed by atoms with Crippen LogP contribution in [0.15, 0.2) is 16.8 Å². The molecule has 1 N–H and O–H groups in total. The Kier molecular flexibility index (Phi) is 3.16. The Balaban J connectivity index is 1.73. The first-order chi connectivity index (χ1) is 8.34. The number of hydrogen-bond acceptors (Lipinski definition) is 4. The Morgan fingerprint density at radius 1 is 1.41 bits per heavy atom. The zero-order valence-corrected chi connectivity index (χ0v) is 10.5. The zero-order valence-electron chi connectivity index (χ0n) is 10.5. The van der Waals surface area contributed by atoms with Crippen LogP contribution >= 0.6 is 0 Å². The van der Waals surface area contributed by atoms with Crippen molar-refractivity contribution in [2.45, 2.75) is 31.9 Å². The number of allylic oxidation sites excluding steroid dienone is 1. The molecule has 0 aliphatic carbocycles. The summed E-state index contributed by atoms with van der Waals surface area (Å²) in [5, 5.41) is 7.74. The minimum Gasteiger partial charge on any atom is -0.371 e. The van der Waals surface area contributed by atoms with E-state index < -0.39 is 0 Å². The maximum atomic E-state index is 5.52.